The molecule has 6 nitrogen and oxygen atoms in total. The molecule has 1 fully saturated rings. The highest BCUT2D eigenvalue weighted by atomic mass is 16.2. The summed E-state index contributed by atoms with van der Waals surface area (Å²) in [5.74, 6) is -0.325. The molecule has 3 rings (SSSR count). The molecular formula is C17H18N4O2. The third-order valence-corrected chi connectivity index (χ3v) is 3.80. The number of nitrogens with zero attached hydrogens (tertiary/aromatic N) is 3. The molecule has 2 amide bonds. The molecule has 0 unspecified atom stereocenters. The molecule has 0 spiro atoms. The number of carbonyl (C=O) groups excluding carboxylic acids is 2. The van der Waals surface area contributed by atoms with Crippen molar-refractivity contribution in [3.05, 3.63) is 59.7 Å². The lowest BCUT2D eigenvalue weighted by molar-refractivity contribution is 0.0792. The van der Waals surface area contributed by atoms with E-state index in [1.807, 2.05) is 18.2 Å². The Kier molecular flexibility index (Phi) is 4.61. The standard InChI is InChI=1S/C17H18N4O2/c22-16(20-12-15-5-1-2-6-19-15)13-9-14(11-18-10-13)17(23)21-7-3-4-8-21/h1-2,5-6,9-11H,3-4,7-8,12H2,(H,20,22). The number of likely N-dealkylation sites (tertiary alicyclic amines) is 1. The van der Waals surface area contributed by atoms with Gasteiger partial charge in [-0.2, -0.15) is 0 Å². The molecule has 0 aromatic carbocycles. The number of rotatable bonds is 4. The first-order valence-corrected chi connectivity index (χ1v) is 7.66. The molecule has 1 N–H and O–H groups in total. The number of nitrogens with one attached hydrogen (secondary N) is 1. The van der Waals surface area contributed by atoms with Crippen molar-refractivity contribution in [1.82, 2.24) is 20.2 Å². The number of pyridine rings is 2. The molecule has 0 radical (unpaired) electrons. The number of carbonyl (C=O) groups is 2. The smallest absolute Gasteiger partial charge is 0.255 e. The van der Waals surface area contributed by atoms with Gasteiger partial charge >= 0.3 is 0 Å². The minimum atomic E-state index is -0.265. The van der Waals surface area contributed by atoms with Crippen LogP contribution >= 0.6 is 0 Å². The van der Waals surface area contributed by atoms with E-state index in [0.717, 1.165) is 31.6 Å². The van der Waals surface area contributed by atoms with Crippen LogP contribution in [-0.2, 0) is 6.54 Å². The zero-order valence-electron chi connectivity index (χ0n) is 12.7. The third-order valence-electron chi connectivity index (χ3n) is 3.80. The van der Waals surface area contributed by atoms with E-state index in [9.17, 15) is 9.59 Å². The molecule has 0 saturated carbocycles. The molecular weight excluding hydrogens is 292 g/mol. The van der Waals surface area contributed by atoms with Crippen LogP contribution in [-0.4, -0.2) is 39.8 Å². The van der Waals surface area contributed by atoms with Crippen molar-refractivity contribution in [3.8, 4) is 0 Å². The van der Waals surface area contributed by atoms with Crippen molar-refractivity contribution in [2.45, 2.75) is 19.4 Å². The van der Waals surface area contributed by atoms with Gasteiger partial charge in [-0.05, 0) is 31.0 Å². The molecule has 118 valence electrons. The second-order valence-corrected chi connectivity index (χ2v) is 5.47. The van der Waals surface area contributed by atoms with Crippen molar-refractivity contribution >= 4 is 11.8 Å². The molecule has 1 aliphatic rings. The van der Waals surface area contributed by atoms with Gasteiger partial charge in [0.1, 0.15) is 0 Å². The van der Waals surface area contributed by atoms with Crippen molar-refractivity contribution in [2.75, 3.05) is 13.1 Å². The predicted molar refractivity (Wildman–Crippen MR) is 84.8 cm³/mol. The van der Waals surface area contributed by atoms with Gasteiger partial charge < -0.3 is 10.2 Å². The Bertz CT molecular complexity index is 697. The van der Waals surface area contributed by atoms with Crippen molar-refractivity contribution in [3.63, 3.8) is 0 Å². The van der Waals surface area contributed by atoms with Crippen molar-refractivity contribution in [2.24, 2.45) is 0 Å². The molecule has 6 heteroatoms. The van der Waals surface area contributed by atoms with E-state index in [-0.39, 0.29) is 11.8 Å². The fourth-order valence-corrected chi connectivity index (χ4v) is 2.56. The fourth-order valence-electron chi connectivity index (χ4n) is 2.56. The largest absolute Gasteiger partial charge is 0.346 e. The predicted octanol–water partition coefficient (Wildman–Crippen LogP) is 1.64. The maximum Gasteiger partial charge on any atom is 0.255 e. The van der Waals surface area contributed by atoms with Gasteiger partial charge in [0.25, 0.3) is 11.8 Å². The Morgan fingerprint density at radius 3 is 2.65 bits per heavy atom. The zero-order valence-corrected chi connectivity index (χ0v) is 12.7. The van der Waals surface area contributed by atoms with Crippen LogP contribution in [0.5, 0.6) is 0 Å². The molecule has 0 aliphatic carbocycles. The van der Waals surface area contributed by atoms with Crippen LogP contribution < -0.4 is 5.32 Å². The van der Waals surface area contributed by atoms with Gasteiger partial charge in [0, 0.05) is 31.7 Å². The summed E-state index contributed by atoms with van der Waals surface area (Å²) in [7, 11) is 0. The lowest BCUT2D eigenvalue weighted by atomic mass is 10.1. The van der Waals surface area contributed by atoms with Gasteiger partial charge in [0.05, 0.1) is 23.4 Å². The Balaban J connectivity index is 1.66. The summed E-state index contributed by atoms with van der Waals surface area (Å²) < 4.78 is 0. The van der Waals surface area contributed by atoms with E-state index in [1.54, 1.807) is 17.2 Å². The van der Waals surface area contributed by atoms with Crippen LogP contribution in [0.4, 0.5) is 0 Å². The summed E-state index contributed by atoms with van der Waals surface area (Å²) >= 11 is 0. The fraction of sp³-hybridized carbons (Fsp3) is 0.294. The molecule has 0 atom stereocenters. The van der Waals surface area contributed by atoms with Crippen molar-refractivity contribution in [1.29, 1.82) is 0 Å². The van der Waals surface area contributed by atoms with E-state index in [4.69, 9.17) is 0 Å². The molecule has 2 aromatic rings. The summed E-state index contributed by atoms with van der Waals surface area (Å²) in [5, 5.41) is 2.78. The van der Waals surface area contributed by atoms with Crippen LogP contribution in [0.1, 0.15) is 39.3 Å². The van der Waals surface area contributed by atoms with Crippen LogP contribution in [0.25, 0.3) is 0 Å². The Morgan fingerprint density at radius 2 is 1.91 bits per heavy atom. The minimum Gasteiger partial charge on any atom is -0.346 e. The van der Waals surface area contributed by atoms with Crippen LogP contribution in [0.15, 0.2) is 42.9 Å². The van der Waals surface area contributed by atoms with Gasteiger partial charge in [-0.1, -0.05) is 6.07 Å². The zero-order chi connectivity index (χ0) is 16.1. The summed E-state index contributed by atoms with van der Waals surface area (Å²) in [6.45, 7) is 1.88. The first-order chi connectivity index (χ1) is 11.2. The molecule has 2 aromatic heterocycles. The van der Waals surface area contributed by atoms with E-state index in [2.05, 4.69) is 15.3 Å². The first-order valence-electron chi connectivity index (χ1n) is 7.66. The monoisotopic (exact) mass is 310 g/mol. The van der Waals surface area contributed by atoms with Crippen molar-refractivity contribution < 1.29 is 9.59 Å². The van der Waals surface area contributed by atoms with Gasteiger partial charge in [-0.15, -0.1) is 0 Å². The number of aromatic nitrogens is 2. The third kappa shape index (κ3) is 3.71. The molecule has 23 heavy (non-hydrogen) atoms. The number of hydrogen-bond acceptors (Lipinski definition) is 4. The first kappa shape index (κ1) is 15.1. The average Bonchev–Trinajstić information content (AvgIpc) is 3.14. The molecule has 1 aliphatic heterocycles. The summed E-state index contributed by atoms with van der Waals surface area (Å²) in [4.78, 5) is 34.5. The highest BCUT2D eigenvalue weighted by Crippen LogP contribution is 2.13. The quantitative estimate of drug-likeness (QED) is 0.931. The van der Waals surface area contributed by atoms with Crippen LogP contribution in [0.2, 0.25) is 0 Å². The lowest BCUT2D eigenvalue weighted by Gasteiger charge is -2.15. The highest BCUT2D eigenvalue weighted by molar-refractivity contribution is 5.99. The Labute approximate surface area is 134 Å². The average molecular weight is 310 g/mol. The Hall–Kier alpha value is -2.76. The second-order valence-electron chi connectivity index (χ2n) is 5.47. The topological polar surface area (TPSA) is 75.2 Å². The Morgan fingerprint density at radius 1 is 1.13 bits per heavy atom. The maximum atomic E-state index is 12.3. The normalized spacial score (nSPS) is 13.8. The van der Waals surface area contributed by atoms with Gasteiger partial charge in [0.15, 0.2) is 0 Å². The number of hydrogen-bond donors (Lipinski definition) is 1. The van der Waals surface area contributed by atoms with E-state index >= 15 is 0 Å². The van der Waals surface area contributed by atoms with E-state index < -0.39 is 0 Å². The SMILES string of the molecule is O=C(NCc1ccccn1)c1cncc(C(=O)N2CCCC2)c1. The van der Waals surface area contributed by atoms with Gasteiger partial charge in [-0.25, -0.2) is 0 Å². The summed E-state index contributed by atoms with van der Waals surface area (Å²) in [5.41, 5.74) is 1.61. The second kappa shape index (κ2) is 7.00. The van der Waals surface area contributed by atoms with Gasteiger partial charge in [0.2, 0.25) is 0 Å². The molecule has 1 saturated heterocycles. The maximum absolute atomic E-state index is 12.3. The lowest BCUT2D eigenvalue weighted by Crippen LogP contribution is -2.28. The molecule has 0 bridgehead atoms. The number of amides is 2. The van der Waals surface area contributed by atoms with Crippen LogP contribution in [0, 0.1) is 0 Å². The van der Waals surface area contributed by atoms with E-state index in [1.165, 1.54) is 12.4 Å². The summed E-state index contributed by atoms with van der Waals surface area (Å²) in [6.07, 6.45) is 6.72. The van der Waals surface area contributed by atoms with Crippen LogP contribution in [0.3, 0.4) is 0 Å². The summed E-state index contributed by atoms with van der Waals surface area (Å²) in [6, 6.07) is 7.13. The molecule has 3 heterocycles. The minimum absolute atomic E-state index is 0.0608. The highest BCUT2D eigenvalue weighted by Gasteiger charge is 2.20. The van der Waals surface area contributed by atoms with E-state index in [0.29, 0.717) is 17.7 Å². The van der Waals surface area contributed by atoms with Gasteiger partial charge in [-0.3, -0.25) is 19.6 Å².